The zero-order valence-corrected chi connectivity index (χ0v) is 19.1. The predicted octanol–water partition coefficient (Wildman–Crippen LogP) is 1.51. The number of fused-ring (bicyclic) bond motifs is 1. The number of amides is 2. The minimum Gasteiger partial charge on any atom is -0.465 e. The molecule has 2 N–H and O–H groups in total. The number of esters is 1. The molecule has 0 radical (unpaired) electrons. The number of hydrazine groups is 1. The Morgan fingerprint density at radius 1 is 1.26 bits per heavy atom. The van der Waals surface area contributed by atoms with Gasteiger partial charge in [-0.2, -0.15) is 0 Å². The fraction of sp³-hybridized carbons (Fsp3) is 0.318. The van der Waals surface area contributed by atoms with Crippen LogP contribution in [0.2, 0.25) is 0 Å². The minimum absolute atomic E-state index is 0.0518. The van der Waals surface area contributed by atoms with Crippen LogP contribution in [0.1, 0.15) is 33.8 Å². The lowest BCUT2D eigenvalue weighted by molar-refractivity contribution is -0.119. The Morgan fingerprint density at radius 2 is 2.12 bits per heavy atom. The highest BCUT2D eigenvalue weighted by Gasteiger charge is 2.21. The normalized spacial score (nSPS) is 15.3. The number of ether oxygens (including phenoxy) is 2. The second-order valence-corrected chi connectivity index (χ2v) is 8.38. The lowest BCUT2D eigenvalue weighted by atomic mass is 10.1. The number of carbonyl (C=O) groups is 3. The van der Waals surface area contributed by atoms with Gasteiger partial charge in [0.15, 0.2) is 10.9 Å². The van der Waals surface area contributed by atoms with Crippen LogP contribution < -0.4 is 16.4 Å². The van der Waals surface area contributed by atoms with Crippen molar-refractivity contribution in [2.24, 2.45) is 0 Å². The third kappa shape index (κ3) is 5.29. The van der Waals surface area contributed by atoms with Gasteiger partial charge in [-0.05, 0) is 43.2 Å². The fourth-order valence-corrected chi connectivity index (χ4v) is 4.28. The van der Waals surface area contributed by atoms with Gasteiger partial charge in [0, 0.05) is 6.61 Å². The van der Waals surface area contributed by atoms with Gasteiger partial charge < -0.3 is 13.9 Å². The van der Waals surface area contributed by atoms with Gasteiger partial charge in [0.25, 0.3) is 5.56 Å². The number of hydrogen-bond acceptors (Lipinski definition) is 9. The summed E-state index contributed by atoms with van der Waals surface area (Å²) in [6.45, 7) is 0.920. The molecule has 0 aliphatic carbocycles. The minimum atomic E-state index is -0.599. The van der Waals surface area contributed by atoms with Gasteiger partial charge in [-0.15, -0.1) is 0 Å². The molecule has 12 heteroatoms. The van der Waals surface area contributed by atoms with Crippen LogP contribution in [0.5, 0.6) is 0 Å². The summed E-state index contributed by atoms with van der Waals surface area (Å²) in [5, 5.41) is 0.632. The number of methoxy groups -OCH3 is 1. The molecule has 2 aromatic heterocycles. The molecule has 1 unspecified atom stereocenters. The van der Waals surface area contributed by atoms with E-state index in [-0.39, 0.29) is 28.7 Å². The molecular formula is C22H22N4O7S. The molecule has 1 atom stereocenters. The van der Waals surface area contributed by atoms with Gasteiger partial charge in [0.1, 0.15) is 0 Å². The second kappa shape index (κ2) is 10.5. The van der Waals surface area contributed by atoms with Gasteiger partial charge in [0.2, 0.25) is 5.91 Å². The van der Waals surface area contributed by atoms with Crippen LogP contribution >= 0.6 is 11.8 Å². The number of furan rings is 1. The number of rotatable bonds is 7. The standard InChI is InChI=1S/C22H22N4O7S/c1-31-21(30)13-6-7-15-16(10-13)23-22(26(20(15)29)11-14-4-2-8-32-14)34-12-18(27)24-25-19(28)17-5-3-9-33-17/h3,5-7,9-10,14H,2,4,8,11-12H2,1H3,(H,24,27)(H,25,28). The average molecular weight is 487 g/mol. The van der Waals surface area contributed by atoms with Crippen LogP contribution in [0.3, 0.4) is 0 Å². The molecule has 1 aliphatic rings. The maximum absolute atomic E-state index is 13.2. The molecule has 2 amide bonds. The van der Waals surface area contributed by atoms with E-state index >= 15 is 0 Å². The smallest absolute Gasteiger partial charge is 0.337 e. The predicted molar refractivity (Wildman–Crippen MR) is 121 cm³/mol. The number of thioether (sulfide) groups is 1. The number of hydrogen-bond donors (Lipinski definition) is 2. The van der Waals surface area contributed by atoms with E-state index < -0.39 is 17.8 Å². The molecule has 4 rings (SSSR count). The van der Waals surface area contributed by atoms with Gasteiger partial charge in [-0.3, -0.25) is 29.8 Å². The molecule has 0 bridgehead atoms. The Hall–Kier alpha value is -3.64. The Bertz CT molecular complexity index is 1270. The first kappa shape index (κ1) is 23.5. The third-order valence-corrected chi connectivity index (χ3v) is 6.12. The van der Waals surface area contributed by atoms with Gasteiger partial charge in [0.05, 0.1) is 48.2 Å². The number of carbonyl (C=O) groups excluding carboxylic acids is 3. The number of aromatic nitrogens is 2. The van der Waals surface area contributed by atoms with Gasteiger partial charge in [-0.1, -0.05) is 11.8 Å². The number of benzene rings is 1. The number of nitrogens with one attached hydrogen (secondary N) is 2. The van der Waals surface area contributed by atoms with Crippen LogP contribution in [0.4, 0.5) is 0 Å². The van der Waals surface area contributed by atoms with Crippen LogP contribution in [0.15, 0.2) is 51.0 Å². The Kier molecular flexibility index (Phi) is 7.28. The quantitative estimate of drug-likeness (QED) is 0.220. The third-order valence-electron chi connectivity index (χ3n) is 5.14. The van der Waals surface area contributed by atoms with E-state index in [1.165, 1.54) is 42.2 Å². The highest BCUT2D eigenvalue weighted by Crippen LogP contribution is 2.22. The van der Waals surface area contributed by atoms with Crippen LogP contribution in [0, 0.1) is 0 Å². The second-order valence-electron chi connectivity index (χ2n) is 7.44. The average Bonchev–Trinajstić information content (AvgIpc) is 3.57. The summed E-state index contributed by atoms with van der Waals surface area (Å²) in [5.74, 6) is -1.73. The van der Waals surface area contributed by atoms with Gasteiger partial charge in [-0.25, -0.2) is 9.78 Å². The molecule has 178 valence electrons. The summed E-state index contributed by atoms with van der Waals surface area (Å²) < 4.78 is 16.9. The van der Waals surface area contributed by atoms with Crippen LogP contribution in [-0.2, 0) is 20.8 Å². The Labute approximate surface area is 197 Å². The summed E-state index contributed by atoms with van der Waals surface area (Å²) in [6.07, 6.45) is 2.93. The lowest BCUT2D eigenvalue weighted by Gasteiger charge is -2.16. The van der Waals surface area contributed by atoms with E-state index in [4.69, 9.17) is 13.9 Å². The molecule has 3 heterocycles. The molecule has 1 aromatic carbocycles. The highest BCUT2D eigenvalue weighted by molar-refractivity contribution is 7.99. The van der Waals surface area contributed by atoms with Crippen molar-refractivity contribution in [3.63, 3.8) is 0 Å². The molecule has 1 aliphatic heterocycles. The van der Waals surface area contributed by atoms with Crippen molar-refractivity contribution >= 4 is 40.4 Å². The Morgan fingerprint density at radius 3 is 2.82 bits per heavy atom. The van der Waals surface area contributed by atoms with Crippen molar-refractivity contribution < 1.29 is 28.3 Å². The SMILES string of the molecule is COC(=O)c1ccc2c(=O)n(CC3CCCO3)c(SCC(=O)NNC(=O)c3ccco3)nc2c1. The van der Waals surface area contributed by atoms with E-state index in [2.05, 4.69) is 15.8 Å². The zero-order chi connectivity index (χ0) is 24.1. The van der Waals surface area contributed by atoms with E-state index in [1.54, 1.807) is 6.07 Å². The number of nitrogens with zero attached hydrogens (tertiary/aromatic N) is 2. The molecule has 0 saturated carbocycles. The molecule has 34 heavy (non-hydrogen) atoms. The van der Waals surface area contributed by atoms with Crippen molar-refractivity contribution in [3.8, 4) is 0 Å². The summed E-state index contributed by atoms with van der Waals surface area (Å²) in [5.41, 5.74) is 4.82. The fourth-order valence-electron chi connectivity index (χ4n) is 3.47. The van der Waals surface area contributed by atoms with Gasteiger partial charge >= 0.3 is 11.9 Å². The zero-order valence-electron chi connectivity index (χ0n) is 18.2. The van der Waals surface area contributed by atoms with E-state index in [0.29, 0.717) is 29.2 Å². The molecular weight excluding hydrogens is 464 g/mol. The summed E-state index contributed by atoms with van der Waals surface area (Å²) in [6, 6.07) is 7.54. The van der Waals surface area contributed by atoms with Crippen molar-refractivity contribution in [2.75, 3.05) is 19.5 Å². The largest absolute Gasteiger partial charge is 0.465 e. The summed E-state index contributed by atoms with van der Waals surface area (Å²) >= 11 is 1.03. The van der Waals surface area contributed by atoms with E-state index in [0.717, 1.165) is 24.6 Å². The molecule has 1 fully saturated rings. The molecule has 0 spiro atoms. The first-order valence-corrected chi connectivity index (χ1v) is 11.4. The highest BCUT2D eigenvalue weighted by atomic mass is 32.2. The first-order valence-electron chi connectivity index (χ1n) is 10.5. The monoisotopic (exact) mass is 486 g/mol. The summed E-state index contributed by atoms with van der Waals surface area (Å²) in [4.78, 5) is 53.9. The topological polar surface area (TPSA) is 142 Å². The van der Waals surface area contributed by atoms with Crippen molar-refractivity contribution in [1.82, 2.24) is 20.4 Å². The maximum Gasteiger partial charge on any atom is 0.337 e. The molecule has 11 nitrogen and oxygen atoms in total. The van der Waals surface area contributed by atoms with E-state index in [9.17, 15) is 19.2 Å². The van der Waals surface area contributed by atoms with Crippen molar-refractivity contribution in [2.45, 2.75) is 30.6 Å². The molecule has 3 aromatic rings. The van der Waals surface area contributed by atoms with E-state index in [1.807, 2.05) is 0 Å². The molecule has 1 saturated heterocycles. The van der Waals surface area contributed by atoms with Crippen LogP contribution in [-0.4, -0.2) is 52.9 Å². The van der Waals surface area contributed by atoms with Crippen molar-refractivity contribution in [3.05, 3.63) is 58.3 Å². The maximum atomic E-state index is 13.2. The Balaban J connectivity index is 1.55. The first-order chi connectivity index (χ1) is 16.5. The van der Waals surface area contributed by atoms with Crippen LogP contribution in [0.25, 0.3) is 10.9 Å². The summed E-state index contributed by atoms with van der Waals surface area (Å²) in [7, 11) is 1.27. The van der Waals surface area contributed by atoms with Crippen molar-refractivity contribution in [1.29, 1.82) is 0 Å². The lowest BCUT2D eigenvalue weighted by Crippen LogP contribution is -2.42.